The fourth-order valence-corrected chi connectivity index (χ4v) is 2.46. The van der Waals surface area contributed by atoms with Crippen LogP contribution in [0.2, 0.25) is 0 Å². The zero-order chi connectivity index (χ0) is 17.3. The van der Waals surface area contributed by atoms with Gasteiger partial charge in [-0.15, -0.1) is 0 Å². The van der Waals surface area contributed by atoms with Crippen LogP contribution in [0.5, 0.6) is 17.2 Å². The molecule has 0 atom stereocenters. The summed E-state index contributed by atoms with van der Waals surface area (Å²) >= 11 is 1.60. The Labute approximate surface area is 149 Å². The Bertz CT molecular complexity index is 974. The first-order valence-electron chi connectivity index (χ1n) is 6.89. The summed E-state index contributed by atoms with van der Waals surface area (Å²) in [7, 11) is 0. The van der Waals surface area contributed by atoms with E-state index in [0.717, 1.165) is 0 Å². The van der Waals surface area contributed by atoms with Gasteiger partial charge in [-0.2, -0.15) is 0 Å². The molecule has 7 nitrogen and oxygen atoms in total. The Kier molecular flexibility index (Phi) is 4.47. The summed E-state index contributed by atoms with van der Waals surface area (Å²) < 4.78 is 11.5. The molecule has 2 N–H and O–H groups in total. The molecule has 0 unspecified atom stereocenters. The van der Waals surface area contributed by atoms with E-state index in [0.29, 0.717) is 11.1 Å². The molecular formula is C16H12INO6. The number of hydrogen-bond acceptors (Lipinski definition) is 6. The summed E-state index contributed by atoms with van der Waals surface area (Å²) in [5.41, 5.74) is 1.47. The van der Waals surface area contributed by atoms with Crippen LogP contribution >= 0.6 is 22.6 Å². The largest absolute Gasteiger partial charge is 0.508 e. The van der Waals surface area contributed by atoms with Crippen molar-refractivity contribution in [1.82, 2.24) is 4.57 Å². The zero-order valence-corrected chi connectivity index (χ0v) is 14.4. The minimum atomic E-state index is -0.564. The van der Waals surface area contributed by atoms with E-state index < -0.39 is 5.76 Å². The van der Waals surface area contributed by atoms with Crippen molar-refractivity contribution in [2.75, 3.05) is 6.61 Å². The van der Waals surface area contributed by atoms with Crippen molar-refractivity contribution in [1.29, 1.82) is 0 Å². The van der Waals surface area contributed by atoms with Crippen molar-refractivity contribution in [3.8, 4) is 17.2 Å². The predicted molar refractivity (Wildman–Crippen MR) is 93.9 cm³/mol. The van der Waals surface area contributed by atoms with Crippen molar-refractivity contribution < 1.29 is 24.2 Å². The Morgan fingerprint density at radius 3 is 2.71 bits per heavy atom. The Morgan fingerprint density at radius 1 is 1.21 bits per heavy atom. The number of carbonyl (C=O) groups is 1. The highest BCUT2D eigenvalue weighted by Gasteiger charge is 2.12. The van der Waals surface area contributed by atoms with E-state index in [1.54, 1.807) is 34.7 Å². The van der Waals surface area contributed by atoms with Gasteiger partial charge in [0.2, 0.25) is 3.79 Å². The maximum absolute atomic E-state index is 12.0. The molecule has 0 bridgehead atoms. The summed E-state index contributed by atoms with van der Waals surface area (Å²) in [6, 6.07) is 9.07. The molecule has 0 amide bonds. The topological polar surface area (TPSA) is 102 Å². The Morgan fingerprint density at radius 2 is 2.00 bits per heavy atom. The van der Waals surface area contributed by atoms with E-state index in [4.69, 9.17) is 9.15 Å². The number of rotatable bonds is 5. The lowest BCUT2D eigenvalue weighted by molar-refractivity contribution is -0.111. The second-order valence-electron chi connectivity index (χ2n) is 5.05. The van der Waals surface area contributed by atoms with E-state index >= 15 is 0 Å². The number of halogens is 1. The molecule has 0 aliphatic carbocycles. The molecule has 0 saturated heterocycles. The van der Waals surface area contributed by atoms with Crippen molar-refractivity contribution in [2.24, 2.45) is 0 Å². The number of nitrogens with zero attached hydrogens (tertiary/aromatic N) is 1. The van der Waals surface area contributed by atoms with Crippen molar-refractivity contribution >= 4 is 37.5 Å². The number of fused-ring (bicyclic) bond motifs is 1. The average Bonchev–Trinajstić information content (AvgIpc) is 2.81. The normalized spacial score (nSPS) is 10.9. The van der Waals surface area contributed by atoms with Gasteiger partial charge in [-0.3, -0.25) is 9.36 Å². The fourth-order valence-electron chi connectivity index (χ4n) is 2.31. The highest BCUT2D eigenvalue weighted by Crippen LogP contribution is 2.28. The van der Waals surface area contributed by atoms with Crippen molar-refractivity contribution in [3.05, 3.63) is 52.5 Å². The number of phenols is 2. The standard InChI is InChI=1S/C16H12INO6/c17-15(21)8-23-13-4-1-9(5-12(13)20)7-18-11-3-2-10(19)6-14(11)24-16(18)22/h1-6,19-20H,7-8H2. The molecule has 0 radical (unpaired) electrons. The fraction of sp³-hybridized carbons (Fsp3) is 0.125. The number of carbonyl (C=O) groups excluding carboxylic acids is 1. The molecule has 0 spiro atoms. The molecule has 1 aromatic heterocycles. The van der Waals surface area contributed by atoms with Gasteiger partial charge in [0.25, 0.3) is 0 Å². The molecule has 0 aliphatic rings. The number of aromatic nitrogens is 1. The first kappa shape index (κ1) is 16.4. The summed E-state index contributed by atoms with van der Waals surface area (Å²) in [5, 5.41) is 19.4. The summed E-state index contributed by atoms with van der Waals surface area (Å²) in [6.07, 6.45) is 0. The number of ether oxygens (including phenoxy) is 1. The van der Waals surface area contributed by atoms with Crippen molar-refractivity contribution in [3.63, 3.8) is 0 Å². The number of phenolic OH excluding ortho intramolecular Hbond substituents is 2. The maximum Gasteiger partial charge on any atom is 0.420 e. The van der Waals surface area contributed by atoms with Gasteiger partial charge in [0.15, 0.2) is 23.7 Å². The smallest absolute Gasteiger partial charge is 0.420 e. The second kappa shape index (κ2) is 6.56. The van der Waals surface area contributed by atoms with Crippen LogP contribution in [-0.4, -0.2) is 25.2 Å². The number of hydrogen-bond donors (Lipinski definition) is 2. The van der Waals surface area contributed by atoms with Gasteiger partial charge in [0.1, 0.15) is 5.75 Å². The van der Waals surface area contributed by atoms with Gasteiger partial charge >= 0.3 is 5.76 Å². The lowest BCUT2D eigenvalue weighted by Gasteiger charge is -2.08. The maximum atomic E-state index is 12.0. The second-order valence-corrected chi connectivity index (χ2v) is 6.26. The van der Waals surface area contributed by atoms with Crippen LogP contribution < -0.4 is 10.5 Å². The third-order valence-corrected chi connectivity index (χ3v) is 3.67. The Balaban J connectivity index is 1.89. The molecular weight excluding hydrogens is 429 g/mol. The van der Waals surface area contributed by atoms with Gasteiger partial charge in [-0.25, -0.2) is 4.79 Å². The number of oxazole rings is 1. The Hall–Kier alpha value is -2.49. The molecule has 0 aliphatic heterocycles. The van der Waals surface area contributed by atoms with Crippen molar-refractivity contribution in [2.45, 2.75) is 6.54 Å². The SMILES string of the molecule is O=C(I)COc1ccc(Cn2c(=O)oc3cc(O)ccc32)cc1O. The molecule has 124 valence electrons. The van der Waals surface area contributed by atoms with Gasteiger partial charge in [0.05, 0.1) is 12.1 Å². The minimum absolute atomic E-state index is 0.00681. The molecule has 0 saturated carbocycles. The number of benzene rings is 2. The highest BCUT2D eigenvalue weighted by atomic mass is 127. The lowest BCUT2D eigenvalue weighted by atomic mass is 10.2. The summed E-state index contributed by atoms with van der Waals surface area (Å²) in [6.45, 7) is 0.0401. The molecule has 0 fully saturated rings. The molecule has 3 rings (SSSR count). The van der Waals surface area contributed by atoms with Gasteiger partial charge in [-0.05, 0) is 29.8 Å². The lowest BCUT2D eigenvalue weighted by Crippen LogP contribution is -2.14. The van der Waals surface area contributed by atoms with Crippen LogP contribution in [0.25, 0.3) is 11.1 Å². The van der Waals surface area contributed by atoms with E-state index in [2.05, 4.69) is 0 Å². The van der Waals surface area contributed by atoms with Crippen LogP contribution in [-0.2, 0) is 11.3 Å². The van der Waals surface area contributed by atoms with E-state index in [1.807, 2.05) is 0 Å². The van der Waals surface area contributed by atoms with Gasteiger partial charge < -0.3 is 19.4 Å². The molecule has 8 heteroatoms. The molecule has 1 heterocycles. The first-order chi connectivity index (χ1) is 11.4. The quantitative estimate of drug-likeness (QED) is 0.466. The van der Waals surface area contributed by atoms with Crippen LogP contribution in [0.3, 0.4) is 0 Å². The minimum Gasteiger partial charge on any atom is -0.508 e. The van der Waals surface area contributed by atoms with Gasteiger partial charge in [0, 0.05) is 28.7 Å². The summed E-state index contributed by atoms with van der Waals surface area (Å²) in [4.78, 5) is 22.9. The zero-order valence-electron chi connectivity index (χ0n) is 12.2. The third-order valence-electron chi connectivity index (χ3n) is 3.36. The van der Waals surface area contributed by atoms with Crippen LogP contribution in [0.15, 0.2) is 45.6 Å². The predicted octanol–water partition coefficient (Wildman–Crippen LogP) is 2.39. The van der Waals surface area contributed by atoms with E-state index in [9.17, 15) is 19.8 Å². The van der Waals surface area contributed by atoms with Crippen LogP contribution in [0.4, 0.5) is 0 Å². The van der Waals surface area contributed by atoms with Crippen LogP contribution in [0.1, 0.15) is 5.56 Å². The first-order valence-corrected chi connectivity index (χ1v) is 7.97. The summed E-state index contributed by atoms with van der Waals surface area (Å²) in [5.74, 6) is -0.486. The average molecular weight is 441 g/mol. The monoisotopic (exact) mass is 441 g/mol. The van der Waals surface area contributed by atoms with E-state index in [1.165, 1.54) is 28.8 Å². The van der Waals surface area contributed by atoms with E-state index in [-0.39, 0.29) is 39.8 Å². The van der Waals surface area contributed by atoms with Gasteiger partial charge in [-0.1, -0.05) is 6.07 Å². The van der Waals surface area contributed by atoms with Crippen LogP contribution in [0, 0.1) is 0 Å². The third kappa shape index (κ3) is 3.37. The molecule has 2 aromatic carbocycles. The highest BCUT2D eigenvalue weighted by molar-refractivity contribution is 14.1. The molecule has 3 aromatic rings. The molecule has 24 heavy (non-hydrogen) atoms. The number of aromatic hydroxyl groups is 2.